The number of amides is 2. The number of hydrogen-bond donors (Lipinski definition) is 3. The Labute approximate surface area is 266 Å². The first kappa shape index (κ1) is 34.3. The molecule has 5 atom stereocenters. The summed E-state index contributed by atoms with van der Waals surface area (Å²) < 4.78 is 51.8. The maximum absolute atomic E-state index is 15.2. The summed E-state index contributed by atoms with van der Waals surface area (Å²) in [6, 6.07) is -0.0422. The maximum atomic E-state index is 15.2. The Hall–Kier alpha value is -1.09. The zero-order valence-corrected chi connectivity index (χ0v) is 27.3. The molecule has 3 N–H and O–H groups in total. The van der Waals surface area contributed by atoms with Gasteiger partial charge in [0.25, 0.3) is 10.1 Å². The van der Waals surface area contributed by atoms with E-state index in [2.05, 4.69) is 15.5 Å². The van der Waals surface area contributed by atoms with Crippen LogP contribution in [0.2, 0.25) is 0 Å². The van der Waals surface area contributed by atoms with Crippen LogP contribution in [-0.2, 0) is 24.4 Å². The quantitative estimate of drug-likeness (QED) is 0.154. The third kappa shape index (κ3) is 9.48. The van der Waals surface area contributed by atoms with E-state index >= 15 is 4.39 Å². The third-order valence-electron chi connectivity index (χ3n) is 10.4. The number of nitrogens with zero attached hydrogens (tertiary/aromatic N) is 3. The number of hydrogen-bond acceptors (Lipinski definition) is 8. The second-order valence-electron chi connectivity index (χ2n) is 13.6. The Balaban J connectivity index is 0.924. The summed E-state index contributed by atoms with van der Waals surface area (Å²) in [6.07, 6.45) is 7.33. The molecule has 1 aliphatic carbocycles. The summed E-state index contributed by atoms with van der Waals surface area (Å²) in [4.78, 5) is 31.8. The van der Waals surface area contributed by atoms with E-state index in [0.29, 0.717) is 44.9 Å². The van der Waals surface area contributed by atoms with Crippen LogP contribution >= 0.6 is 11.6 Å². The summed E-state index contributed by atoms with van der Waals surface area (Å²) in [6.45, 7) is 5.44. The molecule has 2 amide bonds. The van der Waals surface area contributed by atoms with Crippen LogP contribution in [0.4, 0.5) is 4.39 Å². The Bertz CT molecular complexity index is 1060. The smallest absolute Gasteiger partial charge is 0.264 e. The molecule has 5 heterocycles. The van der Waals surface area contributed by atoms with Gasteiger partial charge in [-0.1, -0.05) is 0 Å². The summed E-state index contributed by atoms with van der Waals surface area (Å²) in [5.41, 5.74) is 0. The number of alkyl halides is 2. The van der Waals surface area contributed by atoms with E-state index < -0.39 is 16.3 Å². The fourth-order valence-corrected chi connectivity index (χ4v) is 8.54. The van der Waals surface area contributed by atoms with Crippen LogP contribution in [0.1, 0.15) is 77.0 Å². The van der Waals surface area contributed by atoms with Crippen molar-refractivity contribution in [2.75, 3.05) is 51.6 Å². The molecule has 0 aromatic carbocycles. The first-order valence-corrected chi connectivity index (χ1v) is 18.7. The van der Waals surface area contributed by atoms with Crippen LogP contribution in [0, 0.1) is 11.8 Å². The van der Waals surface area contributed by atoms with Gasteiger partial charge in [-0.15, -0.1) is 11.6 Å². The molecular formula is C30H51ClFN5O6S. The number of carbonyl (C=O) groups is 2. The topological polar surface area (TPSA) is 132 Å². The number of ether oxygens (including phenoxy) is 1. The molecule has 1 saturated carbocycles. The van der Waals surface area contributed by atoms with Gasteiger partial charge in [-0.25, -0.2) is 4.39 Å². The standard InChI is InChI=1S/C30H51ClFN5O6S/c31-23-17-33-30(34-18-23)35-10-8-21(9-11-35)4-3-12-43-26-7-6-22(27(32)16-26)14-29(39)37-24-15-25(37)20-36(19-24)28(38)5-1-2-13-44(40,41)42/h21-27,30,33-34H,1-20H2,(H,40,41,42). The van der Waals surface area contributed by atoms with Crippen LogP contribution in [0.3, 0.4) is 0 Å². The minimum absolute atomic E-state index is 0.0112. The van der Waals surface area contributed by atoms with Gasteiger partial charge in [0.1, 0.15) is 12.5 Å². The van der Waals surface area contributed by atoms with Crippen molar-refractivity contribution < 1.29 is 31.7 Å². The fraction of sp³-hybridized carbons (Fsp3) is 0.933. The van der Waals surface area contributed by atoms with Crippen molar-refractivity contribution in [3.8, 4) is 0 Å². The molecule has 6 fully saturated rings. The van der Waals surface area contributed by atoms with Crippen LogP contribution in [0.5, 0.6) is 0 Å². The highest BCUT2D eigenvalue weighted by Gasteiger charge is 2.48. The molecular weight excluding hydrogens is 613 g/mol. The monoisotopic (exact) mass is 663 g/mol. The van der Waals surface area contributed by atoms with E-state index in [1.807, 2.05) is 4.90 Å². The molecule has 5 unspecified atom stereocenters. The summed E-state index contributed by atoms with van der Waals surface area (Å²) in [5.74, 6) is 0.0233. The number of unbranched alkanes of at least 4 members (excludes halogenated alkanes) is 1. The van der Waals surface area contributed by atoms with Gasteiger partial charge in [-0.3, -0.25) is 29.7 Å². The number of likely N-dealkylation sites (tertiary alicyclic amines) is 1. The van der Waals surface area contributed by atoms with Crippen molar-refractivity contribution in [3.05, 3.63) is 0 Å². The molecule has 0 aromatic heterocycles. The van der Waals surface area contributed by atoms with Crippen molar-refractivity contribution in [2.45, 2.75) is 113 Å². The molecule has 252 valence electrons. The zero-order valence-electron chi connectivity index (χ0n) is 25.8. The van der Waals surface area contributed by atoms with Crippen molar-refractivity contribution in [3.63, 3.8) is 0 Å². The summed E-state index contributed by atoms with van der Waals surface area (Å²) in [5, 5.41) is 7.10. The lowest BCUT2D eigenvalue weighted by Gasteiger charge is -2.56. The van der Waals surface area contributed by atoms with E-state index in [-0.39, 0.29) is 72.6 Å². The first-order valence-electron chi connectivity index (χ1n) is 16.7. The van der Waals surface area contributed by atoms with Crippen LogP contribution < -0.4 is 10.6 Å². The SMILES string of the molecule is O=C(CCCCS(=O)(=O)O)N1CC2CC(C1)N2C(=O)CC1CCC(OCCCC2CCN(C3NCC(Cl)CN3)CC2)CC1F. The van der Waals surface area contributed by atoms with Gasteiger partial charge in [0.2, 0.25) is 11.8 Å². The lowest BCUT2D eigenvalue weighted by atomic mass is 9.81. The largest absolute Gasteiger partial charge is 0.378 e. The second-order valence-corrected chi connectivity index (χ2v) is 15.8. The van der Waals surface area contributed by atoms with E-state index in [4.69, 9.17) is 20.9 Å². The van der Waals surface area contributed by atoms with Gasteiger partial charge < -0.3 is 14.5 Å². The highest BCUT2D eigenvalue weighted by atomic mass is 35.5. The van der Waals surface area contributed by atoms with E-state index in [9.17, 15) is 18.0 Å². The lowest BCUT2D eigenvalue weighted by Crippen LogP contribution is -2.71. The highest BCUT2D eigenvalue weighted by Crippen LogP contribution is 2.37. The van der Waals surface area contributed by atoms with E-state index in [1.165, 1.54) is 12.8 Å². The normalized spacial score (nSPS) is 33.7. The lowest BCUT2D eigenvalue weighted by molar-refractivity contribution is -0.162. The molecule has 0 spiro atoms. The van der Waals surface area contributed by atoms with E-state index in [1.54, 1.807) is 4.90 Å². The number of carbonyl (C=O) groups excluding carboxylic acids is 2. The molecule has 0 aromatic rings. The number of piperidine rings is 2. The molecule has 6 rings (SSSR count). The predicted octanol–water partition coefficient (Wildman–Crippen LogP) is 2.35. The molecule has 5 aliphatic heterocycles. The number of fused-ring (bicyclic) bond motifs is 2. The Kier molecular flexibility index (Phi) is 12.2. The zero-order chi connectivity index (χ0) is 31.3. The first-order chi connectivity index (χ1) is 21.1. The Morgan fingerprint density at radius 2 is 1.66 bits per heavy atom. The van der Waals surface area contributed by atoms with Crippen LogP contribution in [0.25, 0.3) is 0 Å². The van der Waals surface area contributed by atoms with Crippen molar-refractivity contribution in [1.29, 1.82) is 0 Å². The minimum atomic E-state index is -4.01. The molecule has 5 saturated heterocycles. The number of rotatable bonds is 13. The predicted molar refractivity (Wildman–Crippen MR) is 165 cm³/mol. The van der Waals surface area contributed by atoms with Gasteiger partial charge in [-0.2, -0.15) is 8.42 Å². The van der Waals surface area contributed by atoms with Crippen molar-refractivity contribution in [2.24, 2.45) is 11.8 Å². The molecule has 14 heteroatoms. The van der Waals surface area contributed by atoms with Gasteiger partial charge in [0.15, 0.2) is 0 Å². The second kappa shape index (κ2) is 15.7. The molecule has 44 heavy (non-hydrogen) atoms. The average molecular weight is 664 g/mol. The molecule has 6 aliphatic rings. The van der Waals surface area contributed by atoms with Gasteiger partial charge in [-0.05, 0) is 69.6 Å². The van der Waals surface area contributed by atoms with Gasteiger partial charge in [0, 0.05) is 65.1 Å². The number of halogens is 2. The van der Waals surface area contributed by atoms with Crippen molar-refractivity contribution in [1.82, 2.24) is 25.3 Å². The third-order valence-corrected chi connectivity index (χ3v) is 11.5. The number of nitrogens with one attached hydrogen (secondary N) is 2. The minimum Gasteiger partial charge on any atom is -0.378 e. The Morgan fingerprint density at radius 3 is 2.32 bits per heavy atom. The van der Waals surface area contributed by atoms with Gasteiger partial charge >= 0.3 is 0 Å². The molecule has 11 nitrogen and oxygen atoms in total. The van der Waals surface area contributed by atoms with Gasteiger partial charge in [0.05, 0.1) is 29.3 Å². The van der Waals surface area contributed by atoms with Crippen LogP contribution in [-0.4, -0.2) is 127 Å². The highest BCUT2D eigenvalue weighted by molar-refractivity contribution is 7.85. The van der Waals surface area contributed by atoms with Crippen molar-refractivity contribution >= 4 is 33.5 Å². The average Bonchev–Trinajstić information content (AvgIpc) is 2.99. The van der Waals surface area contributed by atoms with E-state index in [0.717, 1.165) is 51.9 Å². The molecule has 0 radical (unpaired) electrons. The summed E-state index contributed by atoms with van der Waals surface area (Å²) in [7, 11) is -4.01. The summed E-state index contributed by atoms with van der Waals surface area (Å²) >= 11 is 6.16. The fourth-order valence-electron chi connectivity index (χ4n) is 7.80. The van der Waals surface area contributed by atoms with Crippen LogP contribution in [0.15, 0.2) is 0 Å². The molecule has 2 bridgehead atoms. The Morgan fingerprint density at radius 1 is 0.955 bits per heavy atom. The maximum Gasteiger partial charge on any atom is 0.264 e. The number of piperazine rings is 1.